The highest BCUT2D eigenvalue weighted by molar-refractivity contribution is 7.73. The van der Waals surface area contributed by atoms with Crippen LogP contribution in [0.1, 0.15) is 6.92 Å². The van der Waals surface area contributed by atoms with Crippen LogP contribution in [0, 0.1) is 0 Å². The molecule has 82 valence electrons. The Morgan fingerprint density at radius 2 is 2.07 bits per heavy atom. The molecule has 0 saturated carbocycles. The van der Waals surface area contributed by atoms with Crippen molar-refractivity contribution in [1.82, 2.24) is 0 Å². The van der Waals surface area contributed by atoms with E-state index in [1.54, 1.807) is 6.92 Å². The summed E-state index contributed by atoms with van der Waals surface area (Å²) in [5.74, 6) is 0. The van der Waals surface area contributed by atoms with Crippen LogP contribution >= 0.6 is 11.6 Å². The third-order valence-corrected chi connectivity index (χ3v) is 3.18. The van der Waals surface area contributed by atoms with Gasteiger partial charge in [-0.15, -0.1) is 0 Å². The largest absolute Gasteiger partial charge is 0.371 e. The third-order valence-electron chi connectivity index (χ3n) is 2.06. The van der Waals surface area contributed by atoms with Crippen molar-refractivity contribution in [3.8, 4) is 0 Å². The summed E-state index contributed by atoms with van der Waals surface area (Å²) in [4.78, 5) is 11.1. The minimum Gasteiger partial charge on any atom is -0.371 e. The van der Waals surface area contributed by atoms with E-state index in [-0.39, 0.29) is 10.4 Å². The zero-order valence-electron chi connectivity index (χ0n) is 8.15. The van der Waals surface area contributed by atoms with E-state index in [4.69, 9.17) is 16.3 Å². The summed E-state index contributed by atoms with van der Waals surface area (Å²) in [5, 5.41) is -0.714. The molecule has 0 amide bonds. The number of carbonyl (C=O) groups excluding carboxylic acids is 1. The molecule has 0 spiro atoms. The van der Waals surface area contributed by atoms with E-state index in [2.05, 4.69) is 0 Å². The molecule has 0 aromatic heterocycles. The number of hydrogen-bond acceptors (Lipinski definition) is 4. The number of ether oxygens (including phenoxy) is 1. The fourth-order valence-corrected chi connectivity index (χ4v) is 2.24. The molecule has 4 nitrogen and oxygen atoms in total. The van der Waals surface area contributed by atoms with Crippen molar-refractivity contribution in [3.63, 3.8) is 0 Å². The Labute approximate surface area is 93.7 Å². The van der Waals surface area contributed by atoms with E-state index in [1.807, 2.05) is 0 Å². The van der Waals surface area contributed by atoms with Gasteiger partial charge in [-0.3, -0.25) is 4.79 Å². The lowest BCUT2D eigenvalue weighted by Gasteiger charge is -2.20. The van der Waals surface area contributed by atoms with Crippen molar-refractivity contribution in [2.45, 2.75) is 13.0 Å². The predicted molar refractivity (Wildman–Crippen MR) is 57.4 cm³/mol. The Balaban J connectivity index is 3.40. The Kier molecular flexibility index (Phi) is 3.84. The van der Waals surface area contributed by atoms with Gasteiger partial charge in [0.05, 0.1) is 0 Å². The molecule has 0 aromatic rings. The van der Waals surface area contributed by atoms with Gasteiger partial charge in [0, 0.05) is 12.7 Å². The first-order valence-electron chi connectivity index (χ1n) is 4.06. The summed E-state index contributed by atoms with van der Waals surface area (Å²) >= 11 is 5.32. The summed E-state index contributed by atoms with van der Waals surface area (Å²) in [6, 6.07) is 0. The van der Waals surface area contributed by atoms with Crippen molar-refractivity contribution in [2.75, 3.05) is 7.11 Å². The number of allylic oxidation sites excluding steroid dienone is 2. The molecule has 15 heavy (non-hydrogen) atoms. The topological polar surface area (TPSA) is 60.4 Å². The van der Waals surface area contributed by atoms with Crippen molar-refractivity contribution < 1.29 is 17.9 Å². The molecule has 0 aromatic carbocycles. The Hall–Kier alpha value is -0.910. The normalized spacial score (nSPS) is 20.7. The SMILES string of the molecule is COC1C(C(=O)Cl)=CC=C(C)C1=S(=O)=O. The van der Waals surface area contributed by atoms with E-state index in [0.717, 1.165) is 0 Å². The lowest BCUT2D eigenvalue weighted by Crippen LogP contribution is -2.31. The summed E-state index contributed by atoms with van der Waals surface area (Å²) in [6.45, 7) is 1.63. The molecule has 0 aliphatic heterocycles. The molecule has 0 bridgehead atoms. The van der Waals surface area contributed by atoms with Gasteiger partial charge in [0.1, 0.15) is 11.0 Å². The molecule has 0 N–H and O–H groups in total. The minimum atomic E-state index is -2.43. The van der Waals surface area contributed by atoms with Gasteiger partial charge >= 0.3 is 0 Å². The second kappa shape index (κ2) is 4.74. The molecule has 0 heterocycles. The zero-order chi connectivity index (χ0) is 11.6. The zero-order valence-corrected chi connectivity index (χ0v) is 9.72. The first kappa shape index (κ1) is 12.2. The molecule has 1 rings (SSSR count). The van der Waals surface area contributed by atoms with Crippen LogP contribution < -0.4 is 0 Å². The van der Waals surface area contributed by atoms with Crippen molar-refractivity contribution in [3.05, 3.63) is 23.3 Å². The van der Waals surface area contributed by atoms with Gasteiger partial charge < -0.3 is 4.74 Å². The van der Waals surface area contributed by atoms with E-state index < -0.39 is 21.6 Å². The second-order valence-corrected chi connectivity index (χ2v) is 4.21. The first-order chi connectivity index (χ1) is 6.99. The van der Waals surface area contributed by atoms with Gasteiger partial charge in [0.25, 0.3) is 5.24 Å². The number of carbonyl (C=O) groups is 1. The highest BCUT2D eigenvalue weighted by Gasteiger charge is 2.29. The predicted octanol–water partition coefficient (Wildman–Crippen LogP) is 0.705. The maximum Gasteiger partial charge on any atom is 0.251 e. The van der Waals surface area contributed by atoms with E-state index in [1.165, 1.54) is 19.3 Å². The number of hydrogen-bond donors (Lipinski definition) is 0. The molecule has 6 heteroatoms. The molecular formula is C9H9ClO4S. The molecule has 1 aliphatic rings. The van der Waals surface area contributed by atoms with Crippen LogP contribution in [-0.4, -0.2) is 31.7 Å². The molecule has 0 radical (unpaired) electrons. The van der Waals surface area contributed by atoms with Crippen LogP contribution in [0.5, 0.6) is 0 Å². The van der Waals surface area contributed by atoms with E-state index in [9.17, 15) is 13.2 Å². The van der Waals surface area contributed by atoms with Gasteiger partial charge in [0.2, 0.25) is 10.3 Å². The van der Waals surface area contributed by atoms with Gasteiger partial charge in [0.15, 0.2) is 0 Å². The number of methoxy groups -OCH3 is 1. The maximum absolute atomic E-state index is 11.0. The Bertz CT molecular complexity index is 476. The quantitative estimate of drug-likeness (QED) is 0.533. The minimum absolute atomic E-state index is 0.0454. The lowest BCUT2D eigenvalue weighted by molar-refractivity contribution is -0.109. The van der Waals surface area contributed by atoms with Gasteiger partial charge in [-0.1, -0.05) is 12.2 Å². The van der Waals surface area contributed by atoms with Gasteiger partial charge in [-0.2, -0.15) is 8.42 Å². The molecule has 1 aliphatic carbocycles. The summed E-state index contributed by atoms with van der Waals surface area (Å²) in [7, 11) is -1.10. The van der Waals surface area contributed by atoms with E-state index >= 15 is 0 Å². The van der Waals surface area contributed by atoms with Crippen molar-refractivity contribution >= 4 is 32.0 Å². The number of halogens is 1. The highest BCUT2D eigenvalue weighted by atomic mass is 35.5. The van der Waals surface area contributed by atoms with Gasteiger partial charge in [-0.05, 0) is 24.1 Å². The van der Waals surface area contributed by atoms with Crippen LogP contribution in [-0.2, 0) is 19.8 Å². The maximum atomic E-state index is 11.0. The van der Waals surface area contributed by atoms with Crippen molar-refractivity contribution in [1.29, 1.82) is 0 Å². The Morgan fingerprint density at radius 1 is 1.47 bits per heavy atom. The molecular weight excluding hydrogens is 240 g/mol. The summed E-state index contributed by atoms with van der Waals surface area (Å²) < 4.78 is 26.9. The lowest BCUT2D eigenvalue weighted by atomic mass is 9.97. The molecule has 1 unspecified atom stereocenters. The fourth-order valence-electron chi connectivity index (χ4n) is 1.35. The average Bonchev–Trinajstić information content (AvgIpc) is 2.15. The molecule has 0 saturated heterocycles. The molecule has 0 fully saturated rings. The summed E-state index contributed by atoms with van der Waals surface area (Å²) in [6.07, 6.45) is 2.09. The molecule has 1 atom stereocenters. The highest BCUT2D eigenvalue weighted by Crippen LogP contribution is 2.20. The van der Waals surface area contributed by atoms with Crippen LogP contribution in [0.3, 0.4) is 0 Å². The third kappa shape index (κ3) is 2.37. The first-order valence-corrected chi connectivity index (χ1v) is 5.52. The van der Waals surface area contributed by atoms with Crippen LogP contribution in [0.2, 0.25) is 0 Å². The second-order valence-electron chi connectivity index (χ2n) is 2.96. The van der Waals surface area contributed by atoms with Gasteiger partial charge in [-0.25, -0.2) is 0 Å². The van der Waals surface area contributed by atoms with Crippen LogP contribution in [0.25, 0.3) is 0 Å². The van der Waals surface area contributed by atoms with Crippen LogP contribution in [0.15, 0.2) is 23.3 Å². The number of rotatable bonds is 2. The standard InChI is InChI=1S/C9H9ClO4S/c1-5-3-4-6(9(10)11)7(14-2)8(5)15(12)13/h3-4,7H,1-2H3. The summed E-state index contributed by atoms with van der Waals surface area (Å²) in [5.41, 5.74) is 0.667. The van der Waals surface area contributed by atoms with Crippen molar-refractivity contribution in [2.24, 2.45) is 0 Å². The monoisotopic (exact) mass is 248 g/mol. The smallest absolute Gasteiger partial charge is 0.251 e. The average molecular weight is 249 g/mol. The van der Waals surface area contributed by atoms with Crippen LogP contribution in [0.4, 0.5) is 0 Å². The fraction of sp³-hybridized carbons (Fsp3) is 0.333. The Morgan fingerprint density at radius 3 is 2.47 bits per heavy atom. The van der Waals surface area contributed by atoms with E-state index in [0.29, 0.717) is 5.57 Å².